The maximum atomic E-state index is 16.8. The van der Waals surface area contributed by atoms with Crippen molar-refractivity contribution in [3.8, 4) is 11.4 Å². The van der Waals surface area contributed by atoms with Crippen molar-refractivity contribution in [2.24, 2.45) is 0 Å². The first-order valence-electron chi connectivity index (χ1n) is 11.5. The molecule has 1 aliphatic rings. The molecule has 0 spiro atoms. The minimum Gasteiger partial charge on any atom is -0.283 e. The van der Waals surface area contributed by atoms with Crippen molar-refractivity contribution >= 4 is 28.3 Å². The number of para-hydroxylation sites is 1. The first kappa shape index (κ1) is 22.2. The van der Waals surface area contributed by atoms with Gasteiger partial charge in [0.05, 0.1) is 5.69 Å². The minimum atomic E-state index is -2.02. The Morgan fingerprint density at radius 2 is 1.58 bits per heavy atom. The molecule has 0 saturated heterocycles. The predicted octanol–water partition coefficient (Wildman–Crippen LogP) is 6.43. The lowest BCUT2D eigenvalue weighted by atomic mass is 9.90. The van der Waals surface area contributed by atoms with Gasteiger partial charge in [0.2, 0.25) is 0 Å². The molecule has 3 aromatic carbocycles. The van der Waals surface area contributed by atoms with Gasteiger partial charge >= 0.3 is 0 Å². The molecular formula is C29H20ClFN4O. The van der Waals surface area contributed by atoms with Gasteiger partial charge in [0.25, 0.3) is 5.56 Å². The second-order valence-corrected chi connectivity index (χ2v) is 9.04. The fourth-order valence-electron chi connectivity index (χ4n) is 4.47. The van der Waals surface area contributed by atoms with Crippen molar-refractivity contribution in [3.63, 3.8) is 0 Å². The second-order valence-electron chi connectivity index (χ2n) is 8.60. The van der Waals surface area contributed by atoms with Crippen LogP contribution in [-0.4, -0.2) is 19.1 Å². The Kier molecular flexibility index (Phi) is 5.38. The Bertz CT molecular complexity index is 1690. The van der Waals surface area contributed by atoms with E-state index >= 15 is 4.39 Å². The van der Waals surface area contributed by atoms with Crippen molar-refractivity contribution in [3.05, 3.63) is 136 Å². The van der Waals surface area contributed by atoms with E-state index in [-0.39, 0.29) is 17.8 Å². The molecule has 0 fully saturated rings. The van der Waals surface area contributed by atoms with Crippen LogP contribution in [0, 0.1) is 0 Å². The van der Waals surface area contributed by atoms with Crippen LogP contribution in [0.4, 0.5) is 4.39 Å². The van der Waals surface area contributed by atoms with Gasteiger partial charge in [-0.2, -0.15) is 0 Å². The fraction of sp³-hybridized carbons (Fsp3) is 0.0690. The molecule has 2 aromatic heterocycles. The molecule has 0 amide bonds. The van der Waals surface area contributed by atoms with Gasteiger partial charge in [0, 0.05) is 17.1 Å². The van der Waals surface area contributed by atoms with Crippen molar-refractivity contribution in [1.29, 1.82) is 0 Å². The van der Waals surface area contributed by atoms with E-state index in [1.165, 1.54) is 10.6 Å². The first-order chi connectivity index (χ1) is 17.5. The van der Waals surface area contributed by atoms with E-state index in [4.69, 9.17) is 16.6 Å². The maximum absolute atomic E-state index is 16.8. The molecule has 0 saturated carbocycles. The highest BCUT2D eigenvalue weighted by Gasteiger charge is 2.37. The summed E-state index contributed by atoms with van der Waals surface area (Å²) in [6.07, 6.45) is 6.64. The zero-order valence-electron chi connectivity index (χ0n) is 19.1. The average Bonchev–Trinajstić information content (AvgIpc) is 3.35. The van der Waals surface area contributed by atoms with Gasteiger partial charge in [-0.15, -0.1) is 0 Å². The quantitative estimate of drug-likeness (QED) is 0.289. The molecule has 2 heterocycles. The topological polar surface area (TPSA) is 52.7 Å². The molecule has 5 nitrogen and oxygen atoms in total. The van der Waals surface area contributed by atoms with Crippen LogP contribution in [0.25, 0.3) is 28.1 Å². The Morgan fingerprint density at radius 3 is 2.25 bits per heavy atom. The molecule has 1 aliphatic carbocycles. The number of hydrogen-bond acceptors (Lipinski definition) is 3. The molecular weight excluding hydrogens is 475 g/mol. The number of rotatable bonds is 4. The smallest absolute Gasteiger partial charge is 0.283 e. The number of imidazole rings is 1. The highest BCUT2D eigenvalue weighted by Crippen LogP contribution is 2.38. The maximum Gasteiger partial charge on any atom is 0.286 e. The Labute approximate surface area is 211 Å². The molecule has 5 aromatic rings. The zero-order chi connectivity index (χ0) is 24.7. The van der Waals surface area contributed by atoms with Crippen LogP contribution in [0.3, 0.4) is 0 Å². The first-order valence-corrected chi connectivity index (χ1v) is 11.9. The van der Waals surface area contributed by atoms with Crippen LogP contribution in [0.1, 0.15) is 17.8 Å². The Balaban J connectivity index is 1.56. The lowest BCUT2D eigenvalue weighted by Gasteiger charge is -2.26. The zero-order valence-corrected chi connectivity index (χ0v) is 19.8. The molecule has 1 atom stereocenters. The van der Waals surface area contributed by atoms with E-state index in [1.807, 2.05) is 66.7 Å². The Hall–Kier alpha value is -4.29. The van der Waals surface area contributed by atoms with Crippen LogP contribution in [0.15, 0.2) is 114 Å². The van der Waals surface area contributed by atoms with Gasteiger partial charge in [-0.25, -0.2) is 14.4 Å². The Morgan fingerprint density at radius 1 is 0.889 bits per heavy atom. The third-order valence-electron chi connectivity index (χ3n) is 6.32. The van der Waals surface area contributed by atoms with E-state index in [2.05, 4.69) is 4.98 Å². The predicted molar refractivity (Wildman–Crippen MR) is 140 cm³/mol. The fourth-order valence-corrected chi connectivity index (χ4v) is 4.59. The van der Waals surface area contributed by atoms with E-state index in [9.17, 15) is 4.79 Å². The lowest BCUT2D eigenvalue weighted by molar-refractivity contribution is 0.216. The van der Waals surface area contributed by atoms with Gasteiger partial charge < -0.3 is 0 Å². The summed E-state index contributed by atoms with van der Waals surface area (Å²) < 4.78 is 19.8. The van der Waals surface area contributed by atoms with E-state index < -0.39 is 11.2 Å². The number of benzene rings is 3. The van der Waals surface area contributed by atoms with Gasteiger partial charge in [0.1, 0.15) is 6.33 Å². The molecule has 1 unspecified atom stereocenters. The van der Waals surface area contributed by atoms with Crippen molar-refractivity contribution in [1.82, 2.24) is 19.1 Å². The molecule has 0 radical (unpaired) electrons. The monoisotopic (exact) mass is 494 g/mol. The summed E-state index contributed by atoms with van der Waals surface area (Å²) in [5, 5.41) is 0.513. The van der Waals surface area contributed by atoms with Gasteiger partial charge in [0.15, 0.2) is 22.7 Å². The van der Waals surface area contributed by atoms with Crippen molar-refractivity contribution in [2.45, 2.75) is 12.1 Å². The number of fused-ring (bicyclic) bond motifs is 1. The lowest BCUT2D eigenvalue weighted by Crippen LogP contribution is -2.33. The summed E-state index contributed by atoms with van der Waals surface area (Å²) in [4.78, 5) is 22.8. The van der Waals surface area contributed by atoms with Gasteiger partial charge in [-0.3, -0.25) is 13.9 Å². The standard InChI is InChI=1S/C29H20ClFN4O/c30-22-11-13-24(14-12-22)35-27(36)25-26(34(19-32-25)23-9-5-2-6-10-23)33-28(35)29(31)17-15-21(16-18-29)20-7-3-1-4-8-20/h1-17,19H,18H2. The number of aromatic nitrogens is 4. The third-order valence-corrected chi connectivity index (χ3v) is 6.57. The number of nitrogens with zero attached hydrogens (tertiary/aromatic N) is 4. The van der Waals surface area contributed by atoms with Crippen molar-refractivity contribution in [2.75, 3.05) is 0 Å². The number of alkyl halides is 1. The summed E-state index contributed by atoms with van der Waals surface area (Å²) in [5.74, 6) is -0.0142. The van der Waals surface area contributed by atoms with Gasteiger partial charge in [-0.1, -0.05) is 72.3 Å². The summed E-state index contributed by atoms with van der Waals surface area (Å²) in [6.45, 7) is 0. The second kappa shape index (κ2) is 8.73. The highest BCUT2D eigenvalue weighted by atomic mass is 35.5. The molecule has 0 aliphatic heterocycles. The summed E-state index contributed by atoms with van der Waals surface area (Å²) in [5.41, 5.74) is 1.14. The molecule has 176 valence electrons. The number of allylic oxidation sites excluding steroid dienone is 4. The molecule has 0 bridgehead atoms. The third kappa shape index (κ3) is 3.76. The van der Waals surface area contributed by atoms with E-state index in [0.717, 1.165) is 16.8 Å². The number of hydrogen-bond donors (Lipinski definition) is 0. The van der Waals surface area contributed by atoms with Crippen LogP contribution in [0.2, 0.25) is 5.02 Å². The molecule has 6 rings (SSSR count). The summed E-state index contributed by atoms with van der Waals surface area (Å²) in [7, 11) is 0. The van der Waals surface area contributed by atoms with Crippen LogP contribution < -0.4 is 5.56 Å². The van der Waals surface area contributed by atoms with Crippen LogP contribution in [-0.2, 0) is 5.67 Å². The van der Waals surface area contributed by atoms with E-state index in [0.29, 0.717) is 16.4 Å². The van der Waals surface area contributed by atoms with Gasteiger partial charge in [-0.05, 0) is 53.6 Å². The average molecular weight is 495 g/mol. The number of halogens is 2. The summed E-state index contributed by atoms with van der Waals surface area (Å²) >= 11 is 6.08. The molecule has 0 N–H and O–H groups in total. The molecule has 36 heavy (non-hydrogen) atoms. The highest BCUT2D eigenvalue weighted by molar-refractivity contribution is 6.30. The summed E-state index contributed by atoms with van der Waals surface area (Å²) in [6, 6.07) is 25.9. The minimum absolute atomic E-state index is 0.0142. The van der Waals surface area contributed by atoms with Crippen molar-refractivity contribution < 1.29 is 4.39 Å². The van der Waals surface area contributed by atoms with E-state index in [1.54, 1.807) is 41.2 Å². The molecule has 7 heteroatoms. The normalized spacial score (nSPS) is 17.3. The van der Waals surface area contributed by atoms with Crippen LogP contribution in [0.5, 0.6) is 0 Å². The SMILES string of the molecule is O=c1c2ncn(-c3ccccc3)c2nc(C2(F)C=CC(c3ccccc3)=CC2)n1-c1ccc(Cl)cc1. The van der Waals surface area contributed by atoms with Crippen LogP contribution >= 0.6 is 11.6 Å². The largest absolute Gasteiger partial charge is 0.286 e.